The highest BCUT2D eigenvalue weighted by molar-refractivity contribution is 7.78. The van der Waals surface area contributed by atoms with Gasteiger partial charge >= 0.3 is 0 Å². The van der Waals surface area contributed by atoms with E-state index in [2.05, 4.69) is 17.2 Å². The number of ether oxygens (including phenoxy) is 1. The van der Waals surface area contributed by atoms with Crippen molar-refractivity contribution in [2.75, 3.05) is 7.11 Å². The second-order valence-corrected chi connectivity index (χ2v) is 3.30. The number of isothiocyanates is 1. The summed E-state index contributed by atoms with van der Waals surface area (Å²) in [5.41, 5.74) is 1.92. The number of methoxy groups -OCH3 is 1. The second-order valence-electron chi connectivity index (χ2n) is 3.12. The monoisotopic (exact) mass is 233 g/mol. The third kappa shape index (κ3) is 3.42. The molecule has 0 fully saturated rings. The molecule has 16 heavy (non-hydrogen) atoms. The fourth-order valence-corrected chi connectivity index (χ4v) is 1.29. The number of aliphatic imine (C=N–C) groups is 1. The van der Waals surface area contributed by atoms with Gasteiger partial charge < -0.3 is 4.74 Å². The predicted octanol–water partition coefficient (Wildman–Crippen LogP) is 2.65. The summed E-state index contributed by atoms with van der Waals surface area (Å²) in [4.78, 5) is 14.4. The predicted molar refractivity (Wildman–Crippen MR) is 66.8 cm³/mol. The van der Waals surface area contributed by atoms with Crippen LogP contribution < -0.4 is 4.74 Å². The van der Waals surface area contributed by atoms with Gasteiger partial charge in [0.1, 0.15) is 5.75 Å². The molecule has 0 atom stereocenters. The van der Waals surface area contributed by atoms with E-state index in [9.17, 15) is 4.79 Å². The number of benzene rings is 1. The van der Waals surface area contributed by atoms with Crippen LogP contribution in [0.4, 0.5) is 0 Å². The molecule has 0 radical (unpaired) electrons. The number of rotatable bonds is 3. The lowest BCUT2D eigenvalue weighted by Crippen LogP contribution is -1.89. The van der Waals surface area contributed by atoms with Gasteiger partial charge in [0.15, 0.2) is 0 Å². The van der Waals surface area contributed by atoms with E-state index in [4.69, 9.17) is 4.74 Å². The van der Waals surface area contributed by atoms with Gasteiger partial charge in [0.2, 0.25) is 0 Å². The molecule has 0 spiro atoms. The molecule has 0 saturated heterocycles. The topological polar surface area (TPSA) is 38.7 Å². The highest BCUT2D eigenvalue weighted by Gasteiger charge is 2.00. The van der Waals surface area contributed by atoms with E-state index in [0.29, 0.717) is 0 Å². The molecule has 0 bridgehead atoms. The van der Waals surface area contributed by atoms with Gasteiger partial charge in [0.05, 0.1) is 12.3 Å². The van der Waals surface area contributed by atoms with Crippen molar-refractivity contribution in [3.8, 4) is 5.75 Å². The summed E-state index contributed by atoms with van der Waals surface area (Å²) in [5, 5.41) is 2.02. The molecule has 1 aromatic rings. The Kier molecular flexibility index (Phi) is 4.58. The highest BCUT2D eigenvalue weighted by atomic mass is 32.1. The van der Waals surface area contributed by atoms with Gasteiger partial charge in [0, 0.05) is 11.6 Å². The molecular formula is C12H11NO2S. The third-order valence-corrected chi connectivity index (χ3v) is 2.04. The number of carbonyl (C=O) groups excluding carboxylic acids is 1. The summed E-state index contributed by atoms with van der Waals surface area (Å²) in [5.74, 6) is 0.285. The fraction of sp³-hybridized carbons (Fsp3) is 0.167. The van der Waals surface area contributed by atoms with Gasteiger partial charge in [-0.3, -0.25) is 4.79 Å². The first-order valence-corrected chi connectivity index (χ1v) is 5.02. The number of nitrogens with zero attached hydrogens (tertiary/aromatic N) is 1. The Morgan fingerprint density at radius 3 is 2.94 bits per heavy atom. The average Bonchev–Trinajstić information content (AvgIpc) is 2.27. The molecule has 1 amide bonds. The van der Waals surface area contributed by atoms with Crippen molar-refractivity contribution in [1.82, 2.24) is 0 Å². The minimum absolute atomic E-state index is 0.433. The molecule has 0 aliphatic heterocycles. The van der Waals surface area contributed by atoms with E-state index in [1.807, 2.05) is 30.3 Å². The molecule has 0 aliphatic rings. The van der Waals surface area contributed by atoms with Crippen molar-refractivity contribution >= 4 is 29.4 Å². The van der Waals surface area contributed by atoms with Crippen LogP contribution in [0.5, 0.6) is 5.75 Å². The smallest absolute Gasteiger partial charge is 0.278 e. The average molecular weight is 233 g/mol. The van der Waals surface area contributed by atoms with Gasteiger partial charge in [-0.15, -0.1) is 0 Å². The SMILES string of the molecule is COc1cc(C)ccc1/C=C/C(=O)N=C=S. The molecule has 0 saturated carbocycles. The number of carbonyl (C=O) groups is 1. The van der Waals surface area contributed by atoms with Crippen LogP contribution in [-0.2, 0) is 4.79 Å². The zero-order chi connectivity index (χ0) is 12.0. The molecule has 0 aliphatic carbocycles. The van der Waals surface area contributed by atoms with Crippen LogP contribution in [0, 0.1) is 6.92 Å². The number of hydrogen-bond donors (Lipinski definition) is 0. The van der Waals surface area contributed by atoms with Crippen molar-refractivity contribution in [1.29, 1.82) is 0 Å². The van der Waals surface area contributed by atoms with Gasteiger partial charge in [0.25, 0.3) is 5.91 Å². The van der Waals surface area contributed by atoms with E-state index in [1.54, 1.807) is 13.2 Å². The molecule has 0 aromatic heterocycles. The first-order chi connectivity index (χ1) is 7.67. The number of aryl methyl sites for hydroxylation is 1. The lowest BCUT2D eigenvalue weighted by Gasteiger charge is -2.04. The van der Waals surface area contributed by atoms with Gasteiger partial charge in [-0.25, -0.2) is 0 Å². The molecule has 0 unspecified atom stereocenters. The highest BCUT2D eigenvalue weighted by Crippen LogP contribution is 2.21. The molecule has 0 heterocycles. The first-order valence-electron chi connectivity index (χ1n) is 4.62. The molecule has 0 N–H and O–H groups in total. The van der Waals surface area contributed by atoms with Crippen LogP contribution in [-0.4, -0.2) is 18.2 Å². The molecule has 82 valence electrons. The zero-order valence-corrected chi connectivity index (χ0v) is 9.88. The molecule has 3 nitrogen and oxygen atoms in total. The van der Waals surface area contributed by atoms with Gasteiger partial charge in [-0.05, 0) is 36.8 Å². The second kappa shape index (κ2) is 5.95. The Labute approximate surface area is 99.5 Å². The summed E-state index contributed by atoms with van der Waals surface area (Å²) in [6, 6.07) is 5.71. The first kappa shape index (κ1) is 12.3. The normalized spacial score (nSPS) is 9.88. The Hall–Kier alpha value is -1.77. The van der Waals surface area contributed by atoms with Crippen LogP contribution in [0.1, 0.15) is 11.1 Å². The lowest BCUT2D eigenvalue weighted by atomic mass is 10.1. The van der Waals surface area contributed by atoms with Crippen molar-refractivity contribution in [3.63, 3.8) is 0 Å². The van der Waals surface area contributed by atoms with Crippen molar-refractivity contribution in [2.24, 2.45) is 4.99 Å². The maximum absolute atomic E-state index is 11.1. The van der Waals surface area contributed by atoms with Crippen molar-refractivity contribution in [3.05, 3.63) is 35.4 Å². The van der Waals surface area contributed by atoms with E-state index in [0.717, 1.165) is 16.9 Å². The van der Waals surface area contributed by atoms with Crippen LogP contribution in [0.25, 0.3) is 6.08 Å². The minimum Gasteiger partial charge on any atom is -0.496 e. The Morgan fingerprint density at radius 1 is 1.56 bits per heavy atom. The largest absolute Gasteiger partial charge is 0.496 e. The summed E-state index contributed by atoms with van der Waals surface area (Å²) in [6.45, 7) is 1.97. The summed E-state index contributed by atoms with van der Waals surface area (Å²) >= 11 is 4.33. The minimum atomic E-state index is -0.433. The van der Waals surface area contributed by atoms with E-state index >= 15 is 0 Å². The lowest BCUT2D eigenvalue weighted by molar-refractivity contribution is -0.113. The van der Waals surface area contributed by atoms with Crippen LogP contribution in [0.15, 0.2) is 29.3 Å². The number of thiocarbonyl (C=S) groups is 1. The molecule has 1 aromatic carbocycles. The van der Waals surface area contributed by atoms with E-state index < -0.39 is 5.91 Å². The Morgan fingerprint density at radius 2 is 2.31 bits per heavy atom. The standard InChI is InChI=1S/C12H11NO2S/c1-9-3-4-10(11(7-9)15-2)5-6-12(14)13-8-16/h3-7H,1-2H3/b6-5+. The fourth-order valence-electron chi connectivity index (χ4n) is 1.20. The zero-order valence-electron chi connectivity index (χ0n) is 9.06. The summed E-state index contributed by atoms with van der Waals surface area (Å²) < 4.78 is 5.19. The van der Waals surface area contributed by atoms with Crippen LogP contribution >= 0.6 is 12.2 Å². The maximum Gasteiger partial charge on any atom is 0.278 e. The summed E-state index contributed by atoms with van der Waals surface area (Å²) in [6.07, 6.45) is 2.96. The number of amides is 1. The van der Waals surface area contributed by atoms with E-state index in [1.165, 1.54) is 6.08 Å². The maximum atomic E-state index is 11.1. The summed E-state index contributed by atoms with van der Waals surface area (Å²) in [7, 11) is 1.59. The quantitative estimate of drug-likeness (QED) is 0.457. The molecule has 1 rings (SSSR count). The van der Waals surface area contributed by atoms with E-state index in [-0.39, 0.29) is 0 Å². The van der Waals surface area contributed by atoms with Gasteiger partial charge in [-0.2, -0.15) is 4.99 Å². The Balaban J connectivity index is 2.96. The molecule has 4 heteroatoms. The number of hydrogen-bond acceptors (Lipinski definition) is 3. The van der Waals surface area contributed by atoms with Crippen LogP contribution in [0.2, 0.25) is 0 Å². The van der Waals surface area contributed by atoms with Gasteiger partial charge in [-0.1, -0.05) is 12.1 Å². The van der Waals surface area contributed by atoms with Crippen LogP contribution in [0.3, 0.4) is 0 Å². The third-order valence-electron chi connectivity index (χ3n) is 1.95. The van der Waals surface area contributed by atoms with Crippen molar-refractivity contribution in [2.45, 2.75) is 6.92 Å². The Bertz CT molecular complexity index is 474. The molecular weight excluding hydrogens is 222 g/mol. The van der Waals surface area contributed by atoms with Crippen molar-refractivity contribution < 1.29 is 9.53 Å².